The van der Waals surface area contributed by atoms with Crippen molar-refractivity contribution in [2.45, 2.75) is 69.3 Å². The van der Waals surface area contributed by atoms with Gasteiger partial charge in [0.2, 0.25) is 0 Å². The number of phosphoric acid groups is 2. The van der Waals surface area contributed by atoms with E-state index < -0.39 is 82.6 Å². The highest BCUT2D eigenvalue weighted by Gasteiger charge is 2.46. The Morgan fingerprint density at radius 2 is 1.83 bits per heavy atom. The van der Waals surface area contributed by atoms with Crippen molar-refractivity contribution in [1.82, 2.24) is 9.55 Å². The lowest BCUT2D eigenvalue weighted by atomic mass is 9.98. The summed E-state index contributed by atoms with van der Waals surface area (Å²) >= 11 is 0. The fourth-order valence-corrected chi connectivity index (χ4v) is 4.98. The highest BCUT2D eigenvalue weighted by atomic mass is 31.2. The van der Waals surface area contributed by atoms with Gasteiger partial charge in [0.1, 0.15) is 30.6 Å². The van der Waals surface area contributed by atoms with Gasteiger partial charge in [-0.25, -0.2) is 13.9 Å². The number of nitrogens with one attached hydrogen (secondary N) is 1. The van der Waals surface area contributed by atoms with E-state index in [1.165, 1.54) is 20.0 Å². The third-order valence-corrected chi connectivity index (χ3v) is 6.96. The molecule has 2 saturated heterocycles. The van der Waals surface area contributed by atoms with Crippen molar-refractivity contribution in [1.29, 1.82) is 0 Å². The molecule has 0 amide bonds. The number of aromatic amines is 1. The van der Waals surface area contributed by atoms with Crippen molar-refractivity contribution in [3.63, 3.8) is 0 Å². The summed E-state index contributed by atoms with van der Waals surface area (Å²) in [6.45, 7) is 2.04. The number of H-pyrrole nitrogens is 1. The van der Waals surface area contributed by atoms with E-state index in [1.54, 1.807) is 0 Å². The van der Waals surface area contributed by atoms with Crippen LogP contribution < -0.4 is 17.0 Å². The highest BCUT2D eigenvalue weighted by molar-refractivity contribution is 7.47. The summed E-state index contributed by atoms with van der Waals surface area (Å²) in [4.78, 5) is 54.3. The Morgan fingerprint density at radius 1 is 1.17 bits per heavy atom. The van der Waals surface area contributed by atoms with Gasteiger partial charge in [0.15, 0.2) is 6.29 Å². The van der Waals surface area contributed by atoms with Gasteiger partial charge in [-0.2, -0.15) is 0 Å². The molecule has 17 nitrogen and oxygen atoms in total. The number of aryl methyl sites for hydroxylation is 1. The first-order valence-electron chi connectivity index (χ1n) is 10.2. The number of nitrogens with zero attached hydrogens (tertiary/aromatic N) is 1. The molecule has 35 heavy (non-hydrogen) atoms. The van der Waals surface area contributed by atoms with E-state index >= 15 is 0 Å². The van der Waals surface area contributed by atoms with Crippen LogP contribution in [-0.2, 0) is 32.2 Å². The van der Waals surface area contributed by atoms with Crippen LogP contribution in [0.1, 0.15) is 25.1 Å². The van der Waals surface area contributed by atoms with Gasteiger partial charge in [0, 0.05) is 18.2 Å². The summed E-state index contributed by atoms with van der Waals surface area (Å²) in [6.07, 6.45) is -9.03. The second kappa shape index (κ2) is 10.6. The number of aromatic nitrogens is 2. The van der Waals surface area contributed by atoms with Crippen LogP contribution in [0.2, 0.25) is 0 Å². The van der Waals surface area contributed by atoms with E-state index in [0.29, 0.717) is 0 Å². The molecule has 0 saturated carbocycles. The van der Waals surface area contributed by atoms with E-state index in [9.17, 15) is 43.6 Å². The lowest BCUT2D eigenvalue weighted by molar-refractivity contribution is -0.243. The minimum atomic E-state index is -5.06. The van der Waals surface area contributed by atoms with E-state index in [1.807, 2.05) is 0 Å². The van der Waals surface area contributed by atoms with Gasteiger partial charge in [0.25, 0.3) is 5.56 Å². The van der Waals surface area contributed by atoms with Gasteiger partial charge in [-0.3, -0.25) is 27.9 Å². The molecule has 9 atom stereocenters. The summed E-state index contributed by atoms with van der Waals surface area (Å²) in [7, 11) is -10.1. The molecule has 19 heteroatoms. The highest BCUT2D eigenvalue weighted by Crippen LogP contribution is 2.48. The Hall–Kier alpha value is -1.30. The van der Waals surface area contributed by atoms with E-state index in [2.05, 4.69) is 9.51 Å². The van der Waals surface area contributed by atoms with Gasteiger partial charge >= 0.3 is 21.3 Å². The van der Waals surface area contributed by atoms with Gasteiger partial charge in [-0.05, 0) is 13.8 Å². The van der Waals surface area contributed by atoms with Crippen LogP contribution in [0.3, 0.4) is 0 Å². The standard InChI is InChI=1S/C16H27N3O14P2/c1-6-4-19(16(23)18-14(6)22)10-3-8(32-34(24,25)26)9(31-10)5-29-35(27,28)33-15-13(21)12(20)11(17)7(2)30-15/h4,7-13,15,20-21H,3,5,17H2,1-2H3,(H,27,28)(H,18,22,23)(H2,24,25,26)/t7-,8+,9-,10-,11-,12+,13-,15-/m1/s1. The van der Waals surface area contributed by atoms with E-state index in [4.69, 9.17) is 24.3 Å². The molecule has 0 radical (unpaired) electrons. The summed E-state index contributed by atoms with van der Waals surface area (Å²) in [5, 5.41) is 19.9. The summed E-state index contributed by atoms with van der Waals surface area (Å²) in [5.41, 5.74) is 4.28. The molecule has 8 N–H and O–H groups in total. The second-order valence-electron chi connectivity index (χ2n) is 8.12. The molecule has 2 aliphatic rings. The van der Waals surface area contributed by atoms with Crippen LogP contribution in [-0.4, -0.2) is 83.9 Å². The number of aliphatic hydroxyl groups is 2. The number of hydrogen-bond donors (Lipinski definition) is 7. The molecule has 0 spiro atoms. The Kier molecular flexibility index (Phi) is 8.56. The zero-order chi connectivity index (χ0) is 26.3. The molecule has 200 valence electrons. The largest absolute Gasteiger partial charge is 0.474 e. The maximum atomic E-state index is 12.4. The normalized spacial score (nSPS) is 35.7. The summed E-state index contributed by atoms with van der Waals surface area (Å²) < 4.78 is 49.8. The van der Waals surface area contributed by atoms with E-state index in [0.717, 1.165) is 4.57 Å². The molecule has 0 aromatic carbocycles. The predicted octanol–water partition coefficient (Wildman–Crippen LogP) is -2.46. The Morgan fingerprint density at radius 3 is 2.46 bits per heavy atom. The molecule has 1 unspecified atom stereocenters. The summed E-state index contributed by atoms with van der Waals surface area (Å²) in [5.74, 6) is 0. The lowest BCUT2D eigenvalue weighted by Gasteiger charge is -2.39. The number of rotatable bonds is 8. The van der Waals surface area contributed by atoms with Crippen molar-refractivity contribution in [2.24, 2.45) is 5.73 Å². The summed E-state index contributed by atoms with van der Waals surface area (Å²) in [6, 6.07) is -0.988. The van der Waals surface area contributed by atoms with Crippen molar-refractivity contribution in [2.75, 3.05) is 6.61 Å². The number of aliphatic hydroxyl groups excluding tert-OH is 2. The molecule has 0 bridgehead atoms. The minimum Gasteiger partial charge on any atom is -0.388 e. The number of hydrogen-bond acceptors (Lipinski definition) is 12. The molecule has 0 aliphatic carbocycles. The van der Waals surface area contributed by atoms with Gasteiger partial charge in [-0.1, -0.05) is 0 Å². The topological polar surface area (TPSA) is 262 Å². The Labute approximate surface area is 197 Å². The molecule has 2 fully saturated rings. The molecular formula is C16H27N3O14P2. The molecule has 1 aromatic heterocycles. The maximum absolute atomic E-state index is 12.4. The van der Waals surface area contributed by atoms with Crippen LogP contribution in [0, 0.1) is 6.92 Å². The van der Waals surface area contributed by atoms with Gasteiger partial charge < -0.3 is 40.1 Å². The smallest absolute Gasteiger partial charge is 0.388 e. The first kappa shape index (κ1) is 28.3. The van der Waals surface area contributed by atoms with Crippen LogP contribution in [0.15, 0.2) is 15.8 Å². The third kappa shape index (κ3) is 6.93. The van der Waals surface area contributed by atoms with Crippen LogP contribution in [0.4, 0.5) is 0 Å². The molecular weight excluding hydrogens is 520 g/mol. The van der Waals surface area contributed by atoms with Crippen LogP contribution in [0.25, 0.3) is 0 Å². The number of nitrogens with two attached hydrogens (primary N) is 1. The zero-order valence-electron chi connectivity index (χ0n) is 18.4. The zero-order valence-corrected chi connectivity index (χ0v) is 20.2. The lowest BCUT2D eigenvalue weighted by Crippen LogP contribution is -2.60. The monoisotopic (exact) mass is 547 g/mol. The van der Waals surface area contributed by atoms with Crippen molar-refractivity contribution in [3.8, 4) is 0 Å². The van der Waals surface area contributed by atoms with Crippen LogP contribution >= 0.6 is 15.6 Å². The molecule has 3 heterocycles. The van der Waals surface area contributed by atoms with Crippen molar-refractivity contribution in [3.05, 3.63) is 32.6 Å². The molecule has 1 aromatic rings. The average Bonchev–Trinajstić information content (AvgIpc) is 3.12. The third-order valence-electron chi connectivity index (χ3n) is 5.46. The van der Waals surface area contributed by atoms with Crippen LogP contribution in [0.5, 0.6) is 0 Å². The fourth-order valence-electron chi connectivity index (χ4n) is 3.57. The fraction of sp³-hybridized carbons (Fsp3) is 0.750. The second-order valence-corrected chi connectivity index (χ2v) is 10.7. The van der Waals surface area contributed by atoms with Gasteiger partial charge in [-0.15, -0.1) is 0 Å². The SMILES string of the molecule is Cc1cn([C@H]2C[C@H](OP(=O)(O)O)[C@@H](COP(=O)(O)O[C@H]3O[C@H](C)[C@@H](N)[C@H](O)[C@H]3O)O2)c(=O)[nH]c1=O. The Bertz CT molecular complexity index is 1120. The first-order chi connectivity index (χ1) is 16.1. The molecule has 2 aliphatic heterocycles. The number of phosphoric ester groups is 2. The Balaban J connectivity index is 1.72. The van der Waals surface area contributed by atoms with Crippen molar-refractivity contribution < 1.29 is 57.1 Å². The average molecular weight is 547 g/mol. The number of ether oxygens (including phenoxy) is 2. The van der Waals surface area contributed by atoms with E-state index in [-0.39, 0.29) is 12.0 Å². The first-order valence-corrected chi connectivity index (χ1v) is 13.2. The predicted molar refractivity (Wildman–Crippen MR) is 113 cm³/mol. The minimum absolute atomic E-state index is 0.149. The quantitative estimate of drug-likeness (QED) is 0.166. The molecule has 3 rings (SSSR count). The maximum Gasteiger partial charge on any atom is 0.474 e. The van der Waals surface area contributed by atoms with Crippen molar-refractivity contribution >= 4 is 15.6 Å². The van der Waals surface area contributed by atoms with Gasteiger partial charge in [0.05, 0.1) is 18.8 Å².